The van der Waals surface area contributed by atoms with Crippen LogP contribution in [-0.4, -0.2) is 14.3 Å². The number of hydrogen-bond donors (Lipinski definition) is 0. The summed E-state index contributed by atoms with van der Waals surface area (Å²) in [5.41, 5.74) is 1.86. The SMILES string of the molecule is Cc1ccccc1-c1ccc(N(S(=O)[O-])C(C)(C)C)s1. The molecule has 0 fully saturated rings. The second kappa shape index (κ2) is 5.68. The number of benzene rings is 1. The molecule has 5 heteroatoms. The van der Waals surface area contributed by atoms with Crippen LogP contribution in [0.5, 0.6) is 0 Å². The van der Waals surface area contributed by atoms with Gasteiger partial charge in [-0.05, 0) is 51.0 Å². The molecule has 1 aromatic heterocycles. The predicted octanol–water partition coefficient (Wildman–Crippen LogP) is 4.12. The van der Waals surface area contributed by atoms with Crippen LogP contribution in [0.2, 0.25) is 0 Å². The molecule has 1 aromatic carbocycles. The first-order valence-corrected chi connectivity index (χ1v) is 8.21. The Bertz CT molecular complexity index is 629. The quantitative estimate of drug-likeness (QED) is 0.800. The van der Waals surface area contributed by atoms with Gasteiger partial charge in [-0.2, -0.15) is 0 Å². The fraction of sp³-hybridized carbons (Fsp3) is 0.333. The van der Waals surface area contributed by atoms with Crippen molar-refractivity contribution in [1.29, 1.82) is 0 Å². The van der Waals surface area contributed by atoms with E-state index in [1.807, 2.05) is 45.0 Å². The zero-order chi connectivity index (χ0) is 14.9. The molecular formula is C15H18NO2S2-. The normalized spacial score (nSPS) is 13.2. The Labute approximate surface area is 126 Å². The third-order valence-electron chi connectivity index (χ3n) is 2.96. The van der Waals surface area contributed by atoms with Crippen molar-refractivity contribution in [2.24, 2.45) is 0 Å². The van der Waals surface area contributed by atoms with Crippen LogP contribution in [0.4, 0.5) is 5.00 Å². The molecule has 0 amide bonds. The minimum absolute atomic E-state index is 0.472. The lowest BCUT2D eigenvalue weighted by Gasteiger charge is -2.37. The van der Waals surface area contributed by atoms with Crippen molar-refractivity contribution in [2.45, 2.75) is 33.2 Å². The molecule has 0 radical (unpaired) electrons. The zero-order valence-electron chi connectivity index (χ0n) is 12.0. The van der Waals surface area contributed by atoms with E-state index in [1.165, 1.54) is 21.2 Å². The third kappa shape index (κ3) is 3.11. The van der Waals surface area contributed by atoms with Crippen molar-refractivity contribution in [3.63, 3.8) is 0 Å². The lowest BCUT2D eigenvalue weighted by molar-refractivity contribution is 0.499. The number of aryl methyl sites for hydroxylation is 1. The number of nitrogens with zero attached hydrogens (tertiary/aromatic N) is 1. The standard InChI is InChI=1S/C15H19NO2S2/c1-11-7-5-6-8-12(11)13-9-10-14(19-13)16(20(17)18)15(2,3)4/h5-10H,1-4H3,(H,17,18)/p-1. The van der Waals surface area contributed by atoms with Gasteiger partial charge in [-0.3, -0.25) is 8.51 Å². The molecule has 1 heterocycles. The van der Waals surface area contributed by atoms with Crippen LogP contribution in [0.1, 0.15) is 26.3 Å². The highest BCUT2D eigenvalue weighted by molar-refractivity contribution is 7.81. The van der Waals surface area contributed by atoms with Gasteiger partial charge in [0.25, 0.3) is 0 Å². The Morgan fingerprint density at radius 1 is 1.15 bits per heavy atom. The Morgan fingerprint density at radius 2 is 1.80 bits per heavy atom. The van der Waals surface area contributed by atoms with Gasteiger partial charge < -0.3 is 4.55 Å². The molecule has 0 spiro atoms. The number of anilines is 1. The molecule has 2 aromatic rings. The fourth-order valence-electron chi connectivity index (χ4n) is 2.06. The molecule has 1 atom stereocenters. The van der Waals surface area contributed by atoms with E-state index in [9.17, 15) is 8.76 Å². The maximum absolute atomic E-state index is 11.5. The van der Waals surface area contributed by atoms with E-state index in [0.29, 0.717) is 0 Å². The van der Waals surface area contributed by atoms with Gasteiger partial charge in [-0.1, -0.05) is 24.3 Å². The van der Waals surface area contributed by atoms with Crippen molar-refractivity contribution in [1.82, 2.24) is 0 Å². The van der Waals surface area contributed by atoms with Crippen LogP contribution < -0.4 is 4.31 Å². The van der Waals surface area contributed by atoms with Crippen molar-refractivity contribution >= 4 is 27.6 Å². The van der Waals surface area contributed by atoms with Gasteiger partial charge in [0.2, 0.25) is 0 Å². The van der Waals surface area contributed by atoms with Gasteiger partial charge in [-0.25, -0.2) is 0 Å². The molecule has 3 nitrogen and oxygen atoms in total. The van der Waals surface area contributed by atoms with Gasteiger partial charge in [0.05, 0.1) is 0 Å². The molecule has 108 valence electrons. The third-order valence-corrected chi connectivity index (χ3v) is 5.22. The summed E-state index contributed by atoms with van der Waals surface area (Å²) < 4.78 is 24.4. The molecule has 20 heavy (non-hydrogen) atoms. The Kier molecular flexibility index (Phi) is 4.32. The smallest absolute Gasteiger partial charge is 0.103 e. The molecule has 2 rings (SSSR count). The molecule has 0 aliphatic carbocycles. The number of rotatable bonds is 3. The van der Waals surface area contributed by atoms with E-state index in [4.69, 9.17) is 0 Å². The van der Waals surface area contributed by atoms with Crippen LogP contribution in [0.3, 0.4) is 0 Å². The van der Waals surface area contributed by atoms with E-state index in [1.54, 1.807) is 0 Å². The van der Waals surface area contributed by atoms with Crippen molar-refractivity contribution in [3.8, 4) is 10.4 Å². The lowest BCUT2D eigenvalue weighted by Crippen LogP contribution is -2.42. The van der Waals surface area contributed by atoms with Gasteiger partial charge >= 0.3 is 0 Å². The summed E-state index contributed by atoms with van der Waals surface area (Å²) >= 11 is -0.782. The highest BCUT2D eigenvalue weighted by Crippen LogP contribution is 2.38. The Morgan fingerprint density at radius 3 is 2.35 bits per heavy atom. The van der Waals surface area contributed by atoms with Gasteiger partial charge in [-0.15, -0.1) is 11.3 Å². The first-order chi connectivity index (χ1) is 9.30. The zero-order valence-corrected chi connectivity index (χ0v) is 13.7. The van der Waals surface area contributed by atoms with Crippen LogP contribution in [0.15, 0.2) is 36.4 Å². The second-order valence-electron chi connectivity index (χ2n) is 5.64. The molecule has 0 saturated heterocycles. The fourth-order valence-corrected chi connectivity index (χ4v) is 4.20. The Hall–Kier alpha value is -1.17. The number of hydrogen-bond acceptors (Lipinski definition) is 3. The van der Waals surface area contributed by atoms with Crippen LogP contribution >= 0.6 is 11.3 Å². The highest BCUT2D eigenvalue weighted by Gasteiger charge is 2.24. The van der Waals surface area contributed by atoms with E-state index in [-0.39, 0.29) is 0 Å². The Balaban J connectivity index is 2.43. The minimum Gasteiger partial charge on any atom is -0.755 e. The van der Waals surface area contributed by atoms with E-state index < -0.39 is 16.8 Å². The summed E-state index contributed by atoms with van der Waals surface area (Å²) in [7, 11) is 0. The van der Waals surface area contributed by atoms with E-state index >= 15 is 0 Å². The predicted molar refractivity (Wildman–Crippen MR) is 85.6 cm³/mol. The first-order valence-electron chi connectivity index (χ1n) is 6.36. The average Bonchev–Trinajstić information content (AvgIpc) is 2.76. The summed E-state index contributed by atoms with van der Waals surface area (Å²) in [5.74, 6) is 0. The maximum Gasteiger partial charge on any atom is 0.103 e. The highest BCUT2D eigenvalue weighted by atomic mass is 32.2. The summed E-state index contributed by atoms with van der Waals surface area (Å²) in [4.78, 5) is 1.08. The summed E-state index contributed by atoms with van der Waals surface area (Å²) in [6.45, 7) is 7.71. The molecule has 0 N–H and O–H groups in total. The maximum atomic E-state index is 11.5. The van der Waals surface area contributed by atoms with Crippen LogP contribution in [-0.2, 0) is 11.3 Å². The van der Waals surface area contributed by atoms with Crippen LogP contribution in [0, 0.1) is 6.92 Å². The van der Waals surface area contributed by atoms with E-state index in [2.05, 4.69) is 19.1 Å². The molecular weight excluding hydrogens is 290 g/mol. The van der Waals surface area contributed by atoms with Crippen LogP contribution in [0.25, 0.3) is 10.4 Å². The molecule has 0 aliphatic heterocycles. The average molecular weight is 308 g/mol. The minimum atomic E-state index is -2.28. The monoisotopic (exact) mass is 308 g/mol. The molecule has 0 aliphatic rings. The second-order valence-corrected chi connectivity index (χ2v) is 7.50. The van der Waals surface area contributed by atoms with E-state index in [0.717, 1.165) is 15.4 Å². The molecule has 0 saturated carbocycles. The summed E-state index contributed by atoms with van der Waals surface area (Å²) in [5, 5.41) is 0.740. The summed E-state index contributed by atoms with van der Waals surface area (Å²) in [6.07, 6.45) is 0. The van der Waals surface area contributed by atoms with Crippen molar-refractivity contribution < 1.29 is 8.76 Å². The van der Waals surface area contributed by atoms with Gasteiger partial charge in [0, 0.05) is 21.7 Å². The molecule has 0 bridgehead atoms. The summed E-state index contributed by atoms with van der Waals surface area (Å²) in [6, 6.07) is 12.0. The van der Waals surface area contributed by atoms with Gasteiger partial charge in [0.1, 0.15) is 5.00 Å². The van der Waals surface area contributed by atoms with Crippen molar-refractivity contribution in [2.75, 3.05) is 4.31 Å². The number of thiophene rings is 1. The topological polar surface area (TPSA) is 43.4 Å². The first kappa shape index (κ1) is 15.2. The largest absolute Gasteiger partial charge is 0.755 e. The lowest BCUT2D eigenvalue weighted by atomic mass is 10.1. The molecule has 1 unspecified atom stereocenters. The van der Waals surface area contributed by atoms with Gasteiger partial charge in [0.15, 0.2) is 0 Å². The van der Waals surface area contributed by atoms with Crippen molar-refractivity contribution in [3.05, 3.63) is 42.0 Å².